The highest BCUT2D eigenvalue weighted by Crippen LogP contribution is 2.22. The van der Waals surface area contributed by atoms with Gasteiger partial charge in [0, 0.05) is 17.8 Å². The van der Waals surface area contributed by atoms with Crippen LogP contribution in [0.3, 0.4) is 0 Å². The minimum Gasteiger partial charge on any atom is -0.396 e. The highest BCUT2D eigenvalue weighted by molar-refractivity contribution is 7.11. The van der Waals surface area contributed by atoms with E-state index in [0.717, 1.165) is 5.70 Å². The third-order valence-corrected chi connectivity index (χ3v) is 3.56. The Kier molecular flexibility index (Phi) is 2.24. The first kappa shape index (κ1) is 8.59. The fourth-order valence-electron chi connectivity index (χ4n) is 1.07. The Balaban J connectivity index is 2.30. The lowest BCUT2D eigenvalue weighted by Gasteiger charge is -2.03. The first-order valence-electron chi connectivity index (χ1n) is 3.91. The summed E-state index contributed by atoms with van der Waals surface area (Å²) in [6.45, 7) is 2.08. The molecule has 0 amide bonds. The van der Waals surface area contributed by atoms with Crippen molar-refractivity contribution in [3.05, 3.63) is 33.5 Å². The van der Waals surface area contributed by atoms with Crippen LogP contribution in [-0.2, 0) is 0 Å². The van der Waals surface area contributed by atoms with Gasteiger partial charge in [0.2, 0.25) is 0 Å². The second-order valence-corrected chi connectivity index (χ2v) is 4.59. The third-order valence-electron chi connectivity index (χ3n) is 1.78. The summed E-state index contributed by atoms with van der Waals surface area (Å²) in [5.41, 5.74) is 8.01. The van der Waals surface area contributed by atoms with Gasteiger partial charge in [-0.05, 0) is 23.9 Å². The zero-order valence-corrected chi connectivity index (χ0v) is 8.86. The van der Waals surface area contributed by atoms with Crippen LogP contribution in [-0.4, -0.2) is 3.96 Å². The molecule has 0 atom stereocenters. The van der Waals surface area contributed by atoms with E-state index < -0.39 is 0 Å². The van der Waals surface area contributed by atoms with E-state index in [0.29, 0.717) is 0 Å². The molecule has 0 aromatic carbocycles. The van der Waals surface area contributed by atoms with Gasteiger partial charge in [-0.25, -0.2) is 0 Å². The molecule has 2 aromatic rings. The minimum atomic E-state index is 0.837. The number of hydrogen-bond donors (Lipinski definition) is 1. The van der Waals surface area contributed by atoms with Crippen LogP contribution in [0.25, 0.3) is 11.9 Å². The van der Waals surface area contributed by atoms with E-state index in [4.69, 9.17) is 5.73 Å². The van der Waals surface area contributed by atoms with E-state index in [-0.39, 0.29) is 0 Å². The Bertz CT molecular complexity index is 411. The Morgan fingerprint density at radius 3 is 2.77 bits per heavy atom. The summed E-state index contributed by atoms with van der Waals surface area (Å²) in [6, 6.07) is 2.08. The van der Waals surface area contributed by atoms with Gasteiger partial charge in [0.1, 0.15) is 0 Å². The first-order chi connectivity index (χ1) is 6.27. The van der Waals surface area contributed by atoms with Crippen LogP contribution >= 0.6 is 22.9 Å². The summed E-state index contributed by atoms with van der Waals surface area (Å²) in [5.74, 6) is 0. The largest absolute Gasteiger partial charge is 0.396 e. The van der Waals surface area contributed by atoms with Crippen molar-refractivity contribution < 1.29 is 0 Å². The molecule has 2 nitrogen and oxygen atoms in total. The van der Waals surface area contributed by atoms with Crippen LogP contribution in [0.15, 0.2) is 23.0 Å². The van der Waals surface area contributed by atoms with Crippen molar-refractivity contribution in [3.63, 3.8) is 0 Å². The molecule has 2 N–H and O–H groups in total. The first-order valence-corrected chi connectivity index (χ1v) is 5.62. The molecule has 0 unspecified atom stereocenters. The Labute approximate surface area is 85.1 Å². The Hall–Kier alpha value is -1.00. The summed E-state index contributed by atoms with van der Waals surface area (Å²) in [7, 11) is 0. The maximum Gasteiger partial charge on any atom is 0.0670 e. The van der Waals surface area contributed by atoms with E-state index >= 15 is 0 Å². The van der Waals surface area contributed by atoms with Gasteiger partial charge in [-0.1, -0.05) is 11.5 Å². The Morgan fingerprint density at radius 2 is 2.31 bits per heavy atom. The van der Waals surface area contributed by atoms with Gasteiger partial charge in [-0.2, -0.15) is 0 Å². The van der Waals surface area contributed by atoms with Crippen molar-refractivity contribution >= 4 is 34.8 Å². The second kappa shape index (κ2) is 3.40. The molecule has 0 aliphatic rings. The molecule has 68 valence electrons. The average Bonchev–Trinajstić information content (AvgIpc) is 2.43. The van der Waals surface area contributed by atoms with Gasteiger partial charge < -0.3 is 5.73 Å². The zero-order valence-electron chi connectivity index (χ0n) is 7.23. The molecule has 0 saturated carbocycles. The number of thiophene rings is 1. The molecule has 2 aromatic heterocycles. The smallest absolute Gasteiger partial charge is 0.0670 e. The zero-order chi connectivity index (χ0) is 9.26. The monoisotopic (exact) mass is 210 g/mol. The number of nitrogens with zero attached hydrogens (tertiary/aromatic N) is 1. The van der Waals surface area contributed by atoms with Crippen LogP contribution in [0.5, 0.6) is 0 Å². The van der Waals surface area contributed by atoms with E-state index in [9.17, 15) is 0 Å². The lowest BCUT2D eigenvalue weighted by Crippen LogP contribution is -1.98. The van der Waals surface area contributed by atoms with Gasteiger partial charge in [0.05, 0.1) is 10.6 Å². The van der Waals surface area contributed by atoms with Crippen LogP contribution in [0, 0.1) is 6.92 Å². The van der Waals surface area contributed by atoms with Crippen molar-refractivity contribution in [1.82, 2.24) is 3.96 Å². The van der Waals surface area contributed by atoms with Gasteiger partial charge in [0.25, 0.3) is 0 Å². The molecular formula is C9H10N2S2. The van der Waals surface area contributed by atoms with Crippen LogP contribution in [0.1, 0.15) is 10.4 Å². The number of aryl methyl sites for hydroxylation is 1. The second-order valence-electron chi connectivity index (χ2n) is 2.77. The van der Waals surface area contributed by atoms with Gasteiger partial charge in [-0.3, -0.25) is 3.96 Å². The predicted octanol–water partition coefficient (Wildman–Crippen LogP) is 2.83. The molecule has 0 saturated heterocycles. The van der Waals surface area contributed by atoms with Crippen molar-refractivity contribution in [3.8, 4) is 0 Å². The van der Waals surface area contributed by atoms with E-state index in [2.05, 4.69) is 18.4 Å². The minimum absolute atomic E-state index is 0.837. The number of rotatable bonds is 2. The van der Waals surface area contributed by atoms with Crippen LogP contribution < -0.4 is 5.73 Å². The number of hydrogen-bond acceptors (Lipinski definition) is 3. The molecule has 0 spiro atoms. The van der Waals surface area contributed by atoms with E-state index in [1.165, 1.54) is 10.4 Å². The molecule has 4 heteroatoms. The predicted molar refractivity (Wildman–Crippen MR) is 59.7 cm³/mol. The maximum atomic E-state index is 5.93. The van der Waals surface area contributed by atoms with Crippen molar-refractivity contribution in [1.29, 1.82) is 0 Å². The summed E-state index contributed by atoms with van der Waals surface area (Å²) in [5, 5.41) is 4.08. The SMILES string of the molecule is Cc1ccsc1/C(N)=C/n1ccs1. The van der Waals surface area contributed by atoms with E-state index in [1.807, 2.05) is 21.7 Å². The number of nitrogens with two attached hydrogens (primary N) is 1. The number of aromatic nitrogens is 1. The average molecular weight is 210 g/mol. The van der Waals surface area contributed by atoms with Gasteiger partial charge in [-0.15, -0.1) is 11.3 Å². The van der Waals surface area contributed by atoms with Crippen molar-refractivity contribution in [2.75, 3.05) is 0 Å². The molecule has 0 fully saturated rings. The molecular weight excluding hydrogens is 200 g/mol. The molecule has 2 heterocycles. The van der Waals surface area contributed by atoms with Gasteiger partial charge >= 0.3 is 0 Å². The maximum absolute atomic E-state index is 5.93. The van der Waals surface area contributed by atoms with Crippen LogP contribution in [0.2, 0.25) is 0 Å². The molecule has 0 aliphatic heterocycles. The molecule has 0 bridgehead atoms. The lowest BCUT2D eigenvalue weighted by molar-refractivity contribution is 1.27. The summed E-state index contributed by atoms with van der Waals surface area (Å²) in [6.07, 6.45) is 3.93. The summed E-state index contributed by atoms with van der Waals surface area (Å²) in [4.78, 5) is 1.17. The lowest BCUT2D eigenvalue weighted by atomic mass is 10.2. The fraction of sp³-hybridized carbons (Fsp3) is 0.111. The van der Waals surface area contributed by atoms with Crippen molar-refractivity contribution in [2.45, 2.75) is 6.92 Å². The Morgan fingerprint density at radius 1 is 1.54 bits per heavy atom. The fourth-order valence-corrected chi connectivity index (χ4v) is 2.36. The normalized spacial score (nSPS) is 12.2. The van der Waals surface area contributed by atoms with Crippen molar-refractivity contribution in [2.24, 2.45) is 5.73 Å². The van der Waals surface area contributed by atoms with Gasteiger partial charge in [0.15, 0.2) is 0 Å². The van der Waals surface area contributed by atoms with E-state index in [1.54, 1.807) is 22.9 Å². The third kappa shape index (κ3) is 1.68. The summed E-state index contributed by atoms with van der Waals surface area (Å²) >= 11 is 3.32. The van der Waals surface area contributed by atoms with Crippen LogP contribution in [0.4, 0.5) is 0 Å². The highest BCUT2D eigenvalue weighted by Gasteiger charge is 2.02. The quantitative estimate of drug-likeness (QED) is 0.812. The molecule has 2 rings (SSSR count). The molecule has 13 heavy (non-hydrogen) atoms. The molecule has 0 radical (unpaired) electrons. The highest BCUT2D eigenvalue weighted by atomic mass is 32.1. The molecule has 0 aliphatic carbocycles. The topological polar surface area (TPSA) is 30.9 Å². The standard InChI is InChI=1S/C9H10N2S2/c1-7-2-4-12-9(7)8(10)6-11-3-5-13-11/h2-6H,10H2,1H3/b8-6-. The summed E-state index contributed by atoms with van der Waals surface area (Å²) < 4.78 is 1.99.